The molecule has 8 heteroatoms. The second-order valence-corrected chi connectivity index (χ2v) is 7.59. The summed E-state index contributed by atoms with van der Waals surface area (Å²) in [6, 6.07) is 4.28. The lowest BCUT2D eigenvalue weighted by Gasteiger charge is -2.28. The Balaban J connectivity index is 1.95. The molecule has 0 aliphatic carbocycles. The molecule has 3 rings (SSSR count). The molecule has 31 heavy (non-hydrogen) atoms. The van der Waals surface area contributed by atoms with E-state index in [1.54, 1.807) is 55.5 Å². The van der Waals surface area contributed by atoms with Gasteiger partial charge in [0.15, 0.2) is 17.3 Å². The van der Waals surface area contributed by atoms with Crippen molar-refractivity contribution in [1.82, 2.24) is 9.47 Å². The van der Waals surface area contributed by atoms with Gasteiger partial charge in [0.25, 0.3) is 5.91 Å². The molecular weight excluding hydrogens is 400 g/mol. The topological polar surface area (TPSA) is 87.1 Å². The van der Waals surface area contributed by atoms with E-state index >= 15 is 0 Å². The summed E-state index contributed by atoms with van der Waals surface area (Å²) in [7, 11) is 3.03. The van der Waals surface area contributed by atoms with Crippen LogP contribution in [0.5, 0.6) is 11.5 Å². The molecule has 1 aliphatic rings. The standard InChI is InChI=1S/C23H28N2O6/c1-7-10-25(22(27)16-8-9-17-18(11-16)31-12-30-17)15(4)21(26)19-13(2)20(23(28)29-6)24(5)14(19)3/h8-9,11,15H,7,10,12H2,1-6H3. The molecule has 0 saturated carbocycles. The molecular formula is C23H28N2O6. The maximum atomic E-state index is 13.5. The molecule has 2 heterocycles. The number of Topliss-reactive ketones (excluding diaryl/α,β-unsaturated/α-hetero) is 1. The molecule has 0 spiro atoms. The summed E-state index contributed by atoms with van der Waals surface area (Å²) in [5, 5.41) is 0. The summed E-state index contributed by atoms with van der Waals surface area (Å²) in [5.41, 5.74) is 2.40. The lowest BCUT2D eigenvalue weighted by Crippen LogP contribution is -2.44. The largest absolute Gasteiger partial charge is 0.464 e. The van der Waals surface area contributed by atoms with Gasteiger partial charge in [-0.15, -0.1) is 0 Å². The first-order chi connectivity index (χ1) is 14.7. The molecule has 1 unspecified atom stereocenters. The molecule has 1 amide bonds. The molecule has 0 fully saturated rings. The molecule has 1 aliphatic heterocycles. The highest BCUT2D eigenvalue weighted by molar-refractivity contribution is 6.07. The first-order valence-electron chi connectivity index (χ1n) is 10.2. The van der Waals surface area contributed by atoms with Crippen LogP contribution in [0, 0.1) is 13.8 Å². The summed E-state index contributed by atoms with van der Waals surface area (Å²) in [4.78, 5) is 40.6. The van der Waals surface area contributed by atoms with Crippen LogP contribution in [0.3, 0.4) is 0 Å². The smallest absolute Gasteiger partial charge is 0.354 e. The summed E-state index contributed by atoms with van der Waals surface area (Å²) < 4.78 is 17.2. The molecule has 1 aromatic heterocycles. The van der Waals surface area contributed by atoms with E-state index in [-0.39, 0.29) is 18.5 Å². The third-order valence-corrected chi connectivity index (χ3v) is 5.75. The highest BCUT2D eigenvalue weighted by Gasteiger charge is 2.33. The highest BCUT2D eigenvalue weighted by Crippen LogP contribution is 2.33. The van der Waals surface area contributed by atoms with E-state index < -0.39 is 12.0 Å². The van der Waals surface area contributed by atoms with Gasteiger partial charge in [0.1, 0.15) is 5.69 Å². The molecule has 0 N–H and O–H groups in total. The number of methoxy groups -OCH3 is 1. The lowest BCUT2D eigenvalue weighted by molar-refractivity contribution is 0.0588. The van der Waals surface area contributed by atoms with Gasteiger partial charge in [-0.2, -0.15) is 0 Å². The fraction of sp³-hybridized carbons (Fsp3) is 0.435. The second-order valence-electron chi connectivity index (χ2n) is 7.59. The van der Waals surface area contributed by atoms with E-state index in [1.165, 1.54) is 7.11 Å². The minimum absolute atomic E-state index is 0.121. The Morgan fingerprint density at radius 2 is 1.87 bits per heavy atom. The number of ketones is 1. The van der Waals surface area contributed by atoms with E-state index in [4.69, 9.17) is 14.2 Å². The minimum atomic E-state index is -0.719. The van der Waals surface area contributed by atoms with Gasteiger partial charge in [-0.25, -0.2) is 4.79 Å². The van der Waals surface area contributed by atoms with E-state index in [2.05, 4.69) is 0 Å². The SMILES string of the molecule is CCCN(C(=O)c1ccc2c(c1)OCO2)C(C)C(=O)c1c(C)c(C(=O)OC)n(C)c1C. The van der Waals surface area contributed by atoms with Gasteiger partial charge < -0.3 is 23.7 Å². The predicted molar refractivity (Wildman–Crippen MR) is 114 cm³/mol. The van der Waals surface area contributed by atoms with Crippen molar-refractivity contribution in [3.05, 3.63) is 46.3 Å². The van der Waals surface area contributed by atoms with Crippen LogP contribution in [-0.2, 0) is 11.8 Å². The van der Waals surface area contributed by atoms with E-state index in [9.17, 15) is 14.4 Å². The first-order valence-corrected chi connectivity index (χ1v) is 10.2. The predicted octanol–water partition coefficient (Wildman–Crippen LogP) is 3.28. The third kappa shape index (κ3) is 3.89. The van der Waals surface area contributed by atoms with Crippen LogP contribution in [-0.4, -0.2) is 53.6 Å². The van der Waals surface area contributed by atoms with Crippen molar-refractivity contribution >= 4 is 17.7 Å². The van der Waals surface area contributed by atoms with Crippen LogP contribution in [0.25, 0.3) is 0 Å². The van der Waals surface area contributed by atoms with Crippen molar-refractivity contribution in [1.29, 1.82) is 0 Å². The molecule has 0 radical (unpaired) electrons. The molecule has 1 atom stereocenters. The van der Waals surface area contributed by atoms with Gasteiger partial charge in [-0.1, -0.05) is 6.92 Å². The van der Waals surface area contributed by atoms with Crippen molar-refractivity contribution in [3.63, 3.8) is 0 Å². The van der Waals surface area contributed by atoms with E-state index in [0.717, 1.165) is 0 Å². The Morgan fingerprint density at radius 3 is 2.52 bits per heavy atom. The number of rotatable bonds is 7. The average Bonchev–Trinajstić information content (AvgIpc) is 3.32. The first kappa shape index (κ1) is 22.4. The number of fused-ring (bicyclic) bond motifs is 1. The minimum Gasteiger partial charge on any atom is -0.464 e. The van der Waals surface area contributed by atoms with Gasteiger partial charge in [-0.3, -0.25) is 9.59 Å². The normalized spacial score (nSPS) is 13.1. The number of ether oxygens (including phenoxy) is 3. The number of hydrogen-bond acceptors (Lipinski definition) is 6. The number of hydrogen-bond donors (Lipinski definition) is 0. The van der Waals surface area contributed by atoms with Crippen molar-refractivity contribution in [2.75, 3.05) is 20.4 Å². The van der Waals surface area contributed by atoms with Crippen molar-refractivity contribution in [2.24, 2.45) is 7.05 Å². The van der Waals surface area contributed by atoms with Crippen LogP contribution in [0.2, 0.25) is 0 Å². The van der Waals surface area contributed by atoms with Crippen molar-refractivity contribution < 1.29 is 28.6 Å². The Kier molecular flexibility index (Phi) is 6.38. The number of benzene rings is 1. The average molecular weight is 428 g/mol. The summed E-state index contributed by atoms with van der Waals surface area (Å²) >= 11 is 0. The van der Waals surface area contributed by atoms with Crippen molar-refractivity contribution in [2.45, 2.75) is 40.2 Å². The number of carbonyl (C=O) groups excluding carboxylic acids is 3. The summed E-state index contributed by atoms with van der Waals surface area (Å²) in [6.45, 7) is 7.70. The molecule has 8 nitrogen and oxygen atoms in total. The number of carbonyl (C=O) groups is 3. The van der Waals surface area contributed by atoms with Crippen LogP contribution >= 0.6 is 0 Å². The molecule has 1 aromatic carbocycles. The van der Waals surface area contributed by atoms with Crippen LogP contribution in [0.4, 0.5) is 0 Å². The number of amides is 1. The summed E-state index contributed by atoms with van der Waals surface area (Å²) in [5.74, 6) is 0.118. The fourth-order valence-corrected chi connectivity index (χ4v) is 3.98. The van der Waals surface area contributed by atoms with E-state index in [0.29, 0.717) is 52.5 Å². The Bertz CT molecular complexity index is 1040. The fourth-order valence-electron chi connectivity index (χ4n) is 3.98. The van der Waals surface area contributed by atoms with Gasteiger partial charge in [0, 0.05) is 30.4 Å². The van der Waals surface area contributed by atoms with Gasteiger partial charge in [0.05, 0.1) is 13.2 Å². The maximum Gasteiger partial charge on any atom is 0.354 e. The molecule has 0 saturated heterocycles. The van der Waals surface area contributed by atoms with Gasteiger partial charge in [-0.05, 0) is 51.0 Å². The Labute approximate surface area is 181 Å². The molecule has 0 bridgehead atoms. The lowest BCUT2D eigenvalue weighted by atomic mass is 9.99. The quantitative estimate of drug-likeness (QED) is 0.497. The third-order valence-electron chi connectivity index (χ3n) is 5.75. The monoisotopic (exact) mass is 428 g/mol. The Hall–Kier alpha value is -3.29. The van der Waals surface area contributed by atoms with Crippen LogP contribution < -0.4 is 9.47 Å². The summed E-state index contributed by atoms with van der Waals surface area (Å²) in [6.07, 6.45) is 0.689. The number of aromatic nitrogens is 1. The highest BCUT2D eigenvalue weighted by atomic mass is 16.7. The zero-order valence-corrected chi connectivity index (χ0v) is 18.8. The van der Waals surface area contributed by atoms with Gasteiger partial charge >= 0.3 is 5.97 Å². The second kappa shape index (κ2) is 8.83. The van der Waals surface area contributed by atoms with E-state index in [1.807, 2.05) is 6.92 Å². The Morgan fingerprint density at radius 1 is 1.19 bits per heavy atom. The van der Waals surface area contributed by atoms with Crippen molar-refractivity contribution in [3.8, 4) is 11.5 Å². The maximum absolute atomic E-state index is 13.5. The molecule has 2 aromatic rings. The zero-order valence-electron chi connectivity index (χ0n) is 18.8. The van der Waals surface area contributed by atoms with Crippen LogP contribution in [0.1, 0.15) is 62.7 Å². The zero-order chi connectivity index (χ0) is 22.9. The van der Waals surface area contributed by atoms with Gasteiger partial charge in [0.2, 0.25) is 6.79 Å². The molecule has 166 valence electrons. The number of esters is 1. The number of nitrogens with zero attached hydrogens (tertiary/aromatic N) is 2. The van der Waals surface area contributed by atoms with Crippen LogP contribution in [0.15, 0.2) is 18.2 Å².